The second-order valence-corrected chi connectivity index (χ2v) is 11.4. The molecule has 5 heterocycles. The van der Waals surface area contributed by atoms with Crippen molar-refractivity contribution in [2.75, 3.05) is 31.1 Å². The lowest BCUT2D eigenvalue weighted by Gasteiger charge is -2.40. The van der Waals surface area contributed by atoms with Crippen LogP contribution in [0.5, 0.6) is 5.75 Å². The van der Waals surface area contributed by atoms with Gasteiger partial charge in [0, 0.05) is 50.2 Å². The fourth-order valence-electron chi connectivity index (χ4n) is 5.94. The highest BCUT2D eigenvalue weighted by atomic mass is 35.5. The highest BCUT2D eigenvalue weighted by molar-refractivity contribution is 6.36. The molecule has 1 saturated heterocycles. The number of carbonyl (C=O) groups excluding carboxylic acids is 1. The highest BCUT2D eigenvalue weighted by Crippen LogP contribution is 2.46. The number of ether oxygens (including phenoxy) is 1. The Labute approximate surface area is 247 Å². The Morgan fingerprint density at radius 1 is 1.21 bits per heavy atom. The number of anilines is 1. The van der Waals surface area contributed by atoms with E-state index < -0.39 is 5.69 Å². The van der Waals surface area contributed by atoms with Crippen LogP contribution < -0.4 is 20.9 Å². The predicted octanol–water partition coefficient (Wildman–Crippen LogP) is 3.83. The summed E-state index contributed by atoms with van der Waals surface area (Å²) in [4.78, 5) is 52.8. The molecule has 0 N–H and O–H groups in total. The van der Waals surface area contributed by atoms with Crippen LogP contribution in [0.4, 0.5) is 5.82 Å². The molecule has 1 amide bonds. The molecule has 0 spiro atoms. The van der Waals surface area contributed by atoms with Gasteiger partial charge < -0.3 is 19.1 Å². The van der Waals surface area contributed by atoms with Crippen LogP contribution in [0.25, 0.3) is 27.7 Å². The first-order chi connectivity index (χ1) is 20.1. The molecular formula is C31H31ClN6O4. The summed E-state index contributed by atoms with van der Waals surface area (Å²) in [6, 6.07) is 6.84. The van der Waals surface area contributed by atoms with E-state index in [-0.39, 0.29) is 35.1 Å². The largest absolute Gasteiger partial charge is 0.489 e. The summed E-state index contributed by atoms with van der Waals surface area (Å²) in [7, 11) is 1.67. The standard InChI is InChI=1S/C31H31ClN6O4/c1-6-23(39)36-12-13-37-19(15-36)16-42-28-24-22(14-21(25(28)32)20-8-7-11-35(5)30(20)40)38(31(41)34-29(24)37)27-18(4)9-10-33-26(27)17(2)3/h6-11,14,17,19H,1,12-13,15-16H2,2-5H3/t19-/m1/s1. The molecular weight excluding hydrogens is 556 g/mol. The summed E-state index contributed by atoms with van der Waals surface area (Å²) >= 11 is 7.08. The topological polar surface area (TPSA) is 103 Å². The molecule has 1 aromatic carbocycles. The number of rotatable bonds is 4. The molecule has 11 heteroatoms. The Morgan fingerprint density at radius 2 is 2.00 bits per heavy atom. The summed E-state index contributed by atoms with van der Waals surface area (Å²) in [6.45, 7) is 11.0. The van der Waals surface area contributed by atoms with Gasteiger partial charge in [0.25, 0.3) is 5.56 Å². The Morgan fingerprint density at radius 3 is 2.74 bits per heavy atom. The first-order valence-electron chi connectivity index (χ1n) is 13.8. The summed E-state index contributed by atoms with van der Waals surface area (Å²) in [5.74, 6) is 0.630. The molecule has 4 aromatic rings. The number of fused-ring (bicyclic) bond motifs is 2. The number of aryl methyl sites for hydroxylation is 2. The minimum atomic E-state index is -0.485. The maximum atomic E-state index is 14.1. The van der Waals surface area contributed by atoms with Crippen LogP contribution in [-0.4, -0.2) is 62.2 Å². The smallest absolute Gasteiger partial charge is 0.354 e. The zero-order chi connectivity index (χ0) is 29.9. The van der Waals surface area contributed by atoms with E-state index in [1.54, 1.807) is 47.1 Å². The zero-order valence-corrected chi connectivity index (χ0v) is 24.7. The molecule has 216 valence electrons. The number of carbonyl (C=O) groups is 1. The van der Waals surface area contributed by atoms with Gasteiger partial charge in [0.1, 0.15) is 12.4 Å². The second-order valence-electron chi connectivity index (χ2n) is 11.0. The van der Waals surface area contributed by atoms with Gasteiger partial charge in [0.15, 0.2) is 5.75 Å². The molecule has 42 heavy (non-hydrogen) atoms. The number of pyridine rings is 2. The van der Waals surface area contributed by atoms with Crippen LogP contribution in [0, 0.1) is 6.92 Å². The van der Waals surface area contributed by atoms with Gasteiger partial charge in [0.2, 0.25) is 5.91 Å². The summed E-state index contributed by atoms with van der Waals surface area (Å²) in [6.07, 6.45) is 4.70. The van der Waals surface area contributed by atoms with Gasteiger partial charge in [-0.1, -0.05) is 32.0 Å². The van der Waals surface area contributed by atoms with Gasteiger partial charge in [-0.05, 0) is 48.7 Å². The van der Waals surface area contributed by atoms with Crippen molar-refractivity contribution < 1.29 is 9.53 Å². The first-order valence-corrected chi connectivity index (χ1v) is 14.2. The van der Waals surface area contributed by atoms with Crippen LogP contribution in [0.15, 0.2) is 58.9 Å². The maximum Gasteiger partial charge on any atom is 0.354 e. The maximum absolute atomic E-state index is 14.1. The highest BCUT2D eigenvalue weighted by Gasteiger charge is 2.37. The van der Waals surface area contributed by atoms with E-state index in [1.807, 2.05) is 31.7 Å². The number of hydrogen-bond acceptors (Lipinski definition) is 7. The monoisotopic (exact) mass is 586 g/mol. The van der Waals surface area contributed by atoms with Gasteiger partial charge in [-0.2, -0.15) is 4.98 Å². The summed E-state index contributed by atoms with van der Waals surface area (Å²) in [5, 5.41) is 0.824. The minimum absolute atomic E-state index is 0.0148. The van der Waals surface area contributed by atoms with Crippen molar-refractivity contribution in [2.45, 2.75) is 32.7 Å². The number of piperazine rings is 1. The van der Waals surface area contributed by atoms with E-state index in [0.717, 1.165) is 11.3 Å². The van der Waals surface area contributed by atoms with Crippen LogP contribution in [0.3, 0.4) is 0 Å². The molecule has 1 fully saturated rings. The van der Waals surface area contributed by atoms with Crippen molar-refractivity contribution in [1.29, 1.82) is 0 Å². The molecule has 0 saturated carbocycles. The van der Waals surface area contributed by atoms with Gasteiger partial charge in [-0.25, -0.2) is 4.79 Å². The van der Waals surface area contributed by atoms with E-state index in [0.29, 0.717) is 58.9 Å². The van der Waals surface area contributed by atoms with E-state index in [9.17, 15) is 14.4 Å². The molecule has 0 aliphatic carbocycles. The Hall–Kier alpha value is -4.44. The van der Waals surface area contributed by atoms with Crippen LogP contribution in [0.2, 0.25) is 5.02 Å². The van der Waals surface area contributed by atoms with E-state index >= 15 is 0 Å². The number of amides is 1. The van der Waals surface area contributed by atoms with Crippen molar-refractivity contribution in [2.24, 2.45) is 7.05 Å². The quantitative estimate of drug-likeness (QED) is 0.335. The van der Waals surface area contributed by atoms with Crippen LogP contribution in [0.1, 0.15) is 31.0 Å². The predicted molar refractivity (Wildman–Crippen MR) is 163 cm³/mol. The molecule has 2 aliphatic rings. The first kappa shape index (κ1) is 27.7. The van der Waals surface area contributed by atoms with Crippen molar-refractivity contribution in [3.8, 4) is 22.6 Å². The molecule has 0 radical (unpaired) electrons. The lowest BCUT2D eigenvalue weighted by Crippen LogP contribution is -2.56. The van der Waals surface area contributed by atoms with Crippen LogP contribution >= 0.6 is 11.6 Å². The average molecular weight is 587 g/mol. The van der Waals surface area contributed by atoms with Gasteiger partial charge in [-0.3, -0.25) is 19.1 Å². The number of benzene rings is 1. The van der Waals surface area contributed by atoms with Crippen molar-refractivity contribution >= 4 is 34.2 Å². The van der Waals surface area contributed by atoms with Crippen molar-refractivity contribution in [3.63, 3.8) is 0 Å². The summed E-state index contributed by atoms with van der Waals surface area (Å²) in [5.41, 5.74) is 2.84. The van der Waals surface area contributed by atoms with E-state index in [1.165, 1.54) is 10.6 Å². The Balaban J connectivity index is 1.71. The lowest BCUT2D eigenvalue weighted by atomic mass is 10.0. The zero-order valence-electron chi connectivity index (χ0n) is 23.9. The molecule has 2 aliphatic heterocycles. The number of hydrogen-bond donors (Lipinski definition) is 0. The van der Waals surface area contributed by atoms with Gasteiger partial charge in [-0.15, -0.1) is 0 Å². The molecule has 10 nitrogen and oxygen atoms in total. The molecule has 1 atom stereocenters. The summed E-state index contributed by atoms with van der Waals surface area (Å²) < 4.78 is 9.48. The minimum Gasteiger partial charge on any atom is -0.489 e. The fourth-order valence-corrected chi connectivity index (χ4v) is 6.25. The third kappa shape index (κ3) is 4.28. The number of nitrogens with zero attached hydrogens (tertiary/aromatic N) is 6. The normalized spacial score (nSPS) is 16.3. The van der Waals surface area contributed by atoms with Crippen molar-refractivity contribution in [3.05, 3.63) is 86.4 Å². The molecule has 0 bridgehead atoms. The third-order valence-corrected chi connectivity index (χ3v) is 8.43. The Kier molecular flexibility index (Phi) is 6.89. The van der Waals surface area contributed by atoms with Crippen LogP contribution in [-0.2, 0) is 11.8 Å². The third-order valence-electron chi connectivity index (χ3n) is 8.06. The van der Waals surface area contributed by atoms with Gasteiger partial charge in [0.05, 0.1) is 33.3 Å². The SMILES string of the molecule is C=CC(=O)N1CCN2c3nc(=O)n(-c4c(C)ccnc4C(C)C)c4cc(-c5cccn(C)c5=O)c(Cl)c(c34)OC[C@H]2C1. The van der Waals surface area contributed by atoms with Crippen molar-refractivity contribution in [1.82, 2.24) is 24.0 Å². The molecule has 0 unspecified atom stereocenters. The van der Waals surface area contributed by atoms with E-state index in [2.05, 4.69) is 16.5 Å². The fraction of sp³-hybridized carbons (Fsp3) is 0.323. The van der Waals surface area contributed by atoms with Gasteiger partial charge >= 0.3 is 5.69 Å². The lowest BCUT2D eigenvalue weighted by molar-refractivity contribution is -0.126. The van der Waals surface area contributed by atoms with E-state index in [4.69, 9.17) is 16.3 Å². The molecule has 6 rings (SSSR count). The Bertz CT molecular complexity index is 1900. The average Bonchev–Trinajstić information content (AvgIpc) is 3.13. The number of aromatic nitrogens is 4. The second kappa shape index (κ2) is 10.4. The molecule has 3 aromatic heterocycles. The number of halogens is 1.